The van der Waals surface area contributed by atoms with Gasteiger partial charge in [-0.15, -0.1) is 0 Å². The molecule has 4 nitrogen and oxygen atoms in total. The second kappa shape index (κ2) is 7.97. The van der Waals surface area contributed by atoms with Crippen molar-refractivity contribution >= 4 is 29.0 Å². The van der Waals surface area contributed by atoms with Gasteiger partial charge in [0.05, 0.1) is 5.02 Å². The van der Waals surface area contributed by atoms with Gasteiger partial charge < -0.3 is 10.2 Å². The summed E-state index contributed by atoms with van der Waals surface area (Å²) in [6, 6.07) is 17.4. The van der Waals surface area contributed by atoms with Gasteiger partial charge in [0.1, 0.15) is 11.6 Å². The number of aromatic nitrogens is 1. The van der Waals surface area contributed by atoms with Gasteiger partial charge in [0.25, 0.3) is 5.91 Å². The highest BCUT2D eigenvalue weighted by Gasteiger charge is 2.13. The normalized spacial score (nSPS) is 10.4. The first kappa shape index (κ1) is 17.9. The maximum absolute atomic E-state index is 13.2. The smallest absolute Gasteiger partial charge is 0.254 e. The van der Waals surface area contributed by atoms with Crippen LogP contribution in [0.2, 0.25) is 5.02 Å². The molecule has 0 aliphatic rings. The highest BCUT2D eigenvalue weighted by Crippen LogP contribution is 2.22. The minimum Gasteiger partial charge on any atom is -0.340 e. The Morgan fingerprint density at radius 1 is 1.15 bits per heavy atom. The van der Waals surface area contributed by atoms with Crippen molar-refractivity contribution in [3.8, 4) is 0 Å². The average molecular weight is 370 g/mol. The van der Waals surface area contributed by atoms with E-state index in [2.05, 4.69) is 10.3 Å². The number of nitrogens with one attached hydrogen (secondary N) is 1. The molecule has 3 aromatic rings. The van der Waals surface area contributed by atoms with Crippen molar-refractivity contribution in [1.82, 2.24) is 9.88 Å². The van der Waals surface area contributed by atoms with Gasteiger partial charge >= 0.3 is 0 Å². The predicted octanol–water partition coefficient (Wildman–Crippen LogP) is 4.89. The molecule has 0 aliphatic carbocycles. The van der Waals surface area contributed by atoms with Crippen LogP contribution in [0.3, 0.4) is 0 Å². The van der Waals surface area contributed by atoms with Crippen molar-refractivity contribution in [2.24, 2.45) is 0 Å². The van der Waals surface area contributed by atoms with Gasteiger partial charge in [0.15, 0.2) is 0 Å². The Morgan fingerprint density at radius 2 is 1.92 bits per heavy atom. The van der Waals surface area contributed by atoms with Crippen LogP contribution in [0.25, 0.3) is 0 Å². The van der Waals surface area contributed by atoms with Crippen molar-refractivity contribution in [1.29, 1.82) is 0 Å². The van der Waals surface area contributed by atoms with E-state index in [9.17, 15) is 9.18 Å². The van der Waals surface area contributed by atoms with E-state index in [4.69, 9.17) is 11.6 Å². The summed E-state index contributed by atoms with van der Waals surface area (Å²) >= 11 is 5.78. The first-order valence-electron chi connectivity index (χ1n) is 8.00. The minimum atomic E-state index is -0.489. The van der Waals surface area contributed by atoms with E-state index in [-0.39, 0.29) is 10.9 Å². The number of carbonyl (C=O) groups is 1. The van der Waals surface area contributed by atoms with E-state index in [1.54, 1.807) is 36.3 Å². The number of benzene rings is 2. The largest absolute Gasteiger partial charge is 0.340 e. The van der Waals surface area contributed by atoms with E-state index >= 15 is 0 Å². The summed E-state index contributed by atoms with van der Waals surface area (Å²) in [6.45, 7) is 0.512. The summed E-state index contributed by atoms with van der Waals surface area (Å²) in [5, 5.41) is 3.04. The number of carbonyl (C=O) groups excluding carboxylic acids is 1. The lowest BCUT2D eigenvalue weighted by atomic mass is 10.2. The van der Waals surface area contributed by atoms with Gasteiger partial charge in [-0.3, -0.25) is 4.79 Å². The predicted molar refractivity (Wildman–Crippen MR) is 101 cm³/mol. The lowest BCUT2D eigenvalue weighted by Gasteiger charge is -2.17. The van der Waals surface area contributed by atoms with Crippen molar-refractivity contribution in [3.05, 3.63) is 88.8 Å². The second-order valence-corrected chi connectivity index (χ2v) is 6.24. The number of amides is 1. The molecule has 0 atom stereocenters. The number of halogens is 2. The lowest BCUT2D eigenvalue weighted by molar-refractivity contribution is 0.0785. The van der Waals surface area contributed by atoms with Gasteiger partial charge in [0, 0.05) is 31.0 Å². The number of pyridine rings is 1. The second-order valence-electron chi connectivity index (χ2n) is 5.83. The molecule has 0 fully saturated rings. The van der Waals surface area contributed by atoms with Crippen LogP contribution in [0.4, 0.5) is 15.9 Å². The molecular weight excluding hydrogens is 353 g/mol. The third kappa shape index (κ3) is 4.37. The van der Waals surface area contributed by atoms with Crippen LogP contribution in [-0.2, 0) is 6.54 Å². The van der Waals surface area contributed by atoms with Crippen molar-refractivity contribution in [2.45, 2.75) is 6.54 Å². The Balaban J connectivity index is 1.73. The monoisotopic (exact) mass is 369 g/mol. The molecule has 2 aromatic carbocycles. The highest BCUT2D eigenvalue weighted by atomic mass is 35.5. The highest BCUT2D eigenvalue weighted by molar-refractivity contribution is 6.31. The quantitative estimate of drug-likeness (QED) is 0.696. The van der Waals surface area contributed by atoms with E-state index in [0.717, 1.165) is 5.56 Å². The zero-order valence-electron chi connectivity index (χ0n) is 14.1. The summed E-state index contributed by atoms with van der Waals surface area (Å²) in [7, 11) is 1.75. The number of hydrogen-bond donors (Lipinski definition) is 1. The van der Waals surface area contributed by atoms with E-state index in [0.29, 0.717) is 23.6 Å². The van der Waals surface area contributed by atoms with E-state index < -0.39 is 5.82 Å². The molecule has 1 N–H and O–H groups in total. The van der Waals surface area contributed by atoms with E-state index in [1.807, 2.05) is 30.3 Å². The van der Waals surface area contributed by atoms with Gasteiger partial charge in [-0.05, 0) is 35.9 Å². The van der Waals surface area contributed by atoms with Crippen LogP contribution in [0.15, 0.2) is 66.9 Å². The number of rotatable bonds is 5. The van der Waals surface area contributed by atoms with Gasteiger partial charge in [0.2, 0.25) is 0 Å². The first-order chi connectivity index (χ1) is 12.5. The van der Waals surface area contributed by atoms with Crippen LogP contribution in [0.1, 0.15) is 15.9 Å². The number of nitrogens with zero attached hydrogens (tertiary/aromatic N) is 2. The van der Waals surface area contributed by atoms with Gasteiger partial charge in [-0.2, -0.15) is 0 Å². The molecule has 0 spiro atoms. The van der Waals surface area contributed by atoms with Crippen molar-refractivity contribution in [2.75, 3.05) is 12.4 Å². The number of hydrogen-bond acceptors (Lipinski definition) is 3. The molecule has 0 aliphatic heterocycles. The lowest BCUT2D eigenvalue weighted by Crippen LogP contribution is -2.26. The molecule has 3 rings (SSSR count). The third-order valence-electron chi connectivity index (χ3n) is 3.81. The molecule has 132 valence electrons. The van der Waals surface area contributed by atoms with Gasteiger partial charge in [-0.25, -0.2) is 9.37 Å². The zero-order chi connectivity index (χ0) is 18.5. The summed E-state index contributed by atoms with van der Waals surface area (Å²) in [4.78, 5) is 18.5. The summed E-state index contributed by atoms with van der Waals surface area (Å²) in [5.74, 6) is -0.125. The molecule has 0 unspecified atom stereocenters. The molecule has 0 saturated carbocycles. The first-order valence-corrected chi connectivity index (χ1v) is 8.38. The van der Waals surface area contributed by atoms with Crippen LogP contribution in [-0.4, -0.2) is 22.8 Å². The Labute approximate surface area is 156 Å². The molecule has 0 saturated heterocycles. The standard InChI is InChI=1S/C20H17ClFN3O/c1-25(13-14-5-3-2-4-6-14)20(26)15-9-10-23-19(11-15)24-16-7-8-18(22)17(21)12-16/h2-12H,13H2,1H3,(H,23,24). The fourth-order valence-corrected chi connectivity index (χ4v) is 2.68. The summed E-state index contributed by atoms with van der Waals surface area (Å²) in [6.07, 6.45) is 1.55. The Kier molecular flexibility index (Phi) is 5.49. The summed E-state index contributed by atoms with van der Waals surface area (Å²) in [5.41, 5.74) is 2.15. The van der Waals surface area contributed by atoms with Crippen LogP contribution >= 0.6 is 11.6 Å². The molecule has 26 heavy (non-hydrogen) atoms. The zero-order valence-corrected chi connectivity index (χ0v) is 14.9. The Morgan fingerprint density at radius 3 is 2.65 bits per heavy atom. The van der Waals surface area contributed by atoms with Crippen molar-refractivity contribution < 1.29 is 9.18 Å². The van der Waals surface area contributed by atoms with Crippen LogP contribution < -0.4 is 5.32 Å². The average Bonchev–Trinajstić information content (AvgIpc) is 2.65. The molecule has 1 heterocycles. The van der Waals surface area contributed by atoms with Crippen LogP contribution in [0.5, 0.6) is 0 Å². The molecule has 1 aromatic heterocycles. The van der Waals surface area contributed by atoms with Gasteiger partial charge in [-0.1, -0.05) is 41.9 Å². The molecule has 0 radical (unpaired) electrons. The third-order valence-corrected chi connectivity index (χ3v) is 4.10. The maximum atomic E-state index is 13.2. The topological polar surface area (TPSA) is 45.2 Å². The van der Waals surface area contributed by atoms with Crippen LogP contribution in [0, 0.1) is 5.82 Å². The molecule has 1 amide bonds. The van der Waals surface area contributed by atoms with Crippen molar-refractivity contribution in [3.63, 3.8) is 0 Å². The maximum Gasteiger partial charge on any atom is 0.254 e. The fourth-order valence-electron chi connectivity index (χ4n) is 2.50. The number of anilines is 2. The fraction of sp³-hybridized carbons (Fsp3) is 0.100. The SMILES string of the molecule is CN(Cc1ccccc1)C(=O)c1ccnc(Nc2ccc(F)c(Cl)c2)c1. The molecular formula is C20H17ClFN3O. The Hall–Kier alpha value is -2.92. The molecule has 0 bridgehead atoms. The Bertz CT molecular complexity index is 918. The van der Waals surface area contributed by atoms with E-state index in [1.165, 1.54) is 12.1 Å². The summed E-state index contributed by atoms with van der Waals surface area (Å²) < 4.78 is 13.2. The molecule has 6 heteroatoms. The minimum absolute atomic E-state index is 0.0184.